The summed E-state index contributed by atoms with van der Waals surface area (Å²) in [6.07, 6.45) is 31.8. The van der Waals surface area contributed by atoms with Crippen molar-refractivity contribution in [3.8, 4) is 0 Å². The van der Waals surface area contributed by atoms with Gasteiger partial charge in [-0.15, -0.1) is 0 Å². The standard InChI is InChI=1S/C30H55F/c1-2-3-4-5-6-8-25-10-12-27(13-11-25)14-15-28-18-22-30(23-19-28)29-20-16-26(17-21-29)9-7-24-31/h25-30H,2-24H2,1H3. The van der Waals surface area contributed by atoms with Crippen LogP contribution in [0.25, 0.3) is 0 Å². The Bertz CT molecular complexity index is 422. The maximum Gasteiger partial charge on any atom is 0.0894 e. The molecule has 0 radical (unpaired) electrons. The van der Waals surface area contributed by atoms with Crippen LogP contribution < -0.4 is 0 Å². The highest BCUT2D eigenvalue weighted by molar-refractivity contribution is 4.83. The van der Waals surface area contributed by atoms with Gasteiger partial charge in [0.2, 0.25) is 0 Å². The highest BCUT2D eigenvalue weighted by Gasteiger charge is 2.31. The fourth-order valence-electron chi connectivity index (χ4n) is 7.58. The second kappa shape index (κ2) is 15.0. The molecule has 0 spiro atoms. The number of unbranched alkanes of at least 4 members (excludes halogenated alkanes) is 4. The quantitative estimate of drug-likeness (QED) is 0.253. The Morgan fingerprint density at radius 3 is 1.29 bits per heavy atom. The van der Waals surface area contributed by atoms with E-state index in [0.29, 0.717) is 0 Å². The van der Waals surface area contributed by atoms with Gasteiger partial charge >= 0.3 is 0 Å². The van der Waals surface area contributed by atoms with Crippen molar-refractivity contribution < 1.29 is 4.39 Å². The Labute approximate surface area is 194 Å². The smallest absolute Gasteiger partial charge is 0.0894 e. The van der Waals surface area contributed by atoms with Crippen LogP contribution in [-0.2, 0) is 0 Å². The van der Waals surface area contributed by atoms with Gasteiger partial charge in [0, 0.05) is 0 Å². The zero-order valence-electron chi connectivity index (χ0n) is 21.1. The van der Waals surface area contributed by atoms with Gasteiger partial charge < -0.3 is 0 Å². The third-order valence-corrected chi connectivity index (χ3v) is 9.86. The van der Waals surface area contributed by atoms with E-state index >= 15 is 0 Å². The summed E-state index contributed by atoms with van der Waals surface area (Å²) in [5, 5.41) is 0. The predicted molar refractivity (Wildman–Crippen MR) is 134 cm³/mol. The van der Waals surface area contributed by atoms with Crippen LogP contribution in [-0.4, -0.2) is 6.67 Å². The first kappa shape index (κ1) is 25.6. The van der Waals surface area contributed by atoms with Gasteiger partial charge in [-0.05, 0) is 74.0 Å². The number of alkyl halides is 1. The number of rotatable bonds is 13. The minimum absolute atomic E-state index is 0.107. The highest BCUT2D eigenvalue weighted by atomic mass is 19.1. The normalized spacial score (nSPS) is 34.6. The van der Waals surface area contributed by atoms with E-state index in [-0.39, 0.29) is 6.67 Å². The maximum absolute atomic E-state index is 12.4. The van der Waals surface area contributed by atoms with Gasteiger partial charge in [-0.3, -0.25) is 4.39 Å². The molecule has 0 aliphatic heterocycles. The topological polar surface area (TPSA) is 0 Å². The van der Waals surface area contributed by atoms with Crippen LogP contribution in [0.1, 0.15) is 148 Å². The van der Waals surface area contributed by atoms with Crippen LogP contribution in [0.5, 0.6) is 0 Å². The van der Waals surface area contributed by atoms with Crippen LogP contribution >= 0.6 is 0 Å². The average molecular weight is 435 g/mol. The zero-order valence-corrected chi connectivity index (χ0v) is 21.1. The lowest BCUT2D eigenvalue weighted by molar-refractivity contribution is 0.135. The van der Waals surface area contributed by atoms with E-state index < -0.39 is 0 Å². The van der Waals surface area contributed by atoms with Gasteiger partial charge in [0.1, 0.15) is 0 Å². The lowest BCUT2D eigenvalue weighted by Gasteiger charge is -2.38. The molecule has 3 fully saturated rings. The first-order valence-corrected chi connectivity index (χ1v) is 14.8. The fraction of sp³-hybridized carbons (Fsp3) is 1.00. The Balaban J connectivity index is 1.21. The molecule has 0 aromatic carbocycles. The van der Waals surface area contributed by atoms with Crippen LogP contribution in [0.15, 0.2) is 0 Å². The Hall–Kier alpha value is -0.0700. The minimum atomic E-state index is -0.107. The molecule has 0 atom stereocenters. The van der Waals surface area contributed by atoms with Crippen LogP contribution in [0.2, 0.25) is 0 Å². The van der Waals surface area contributed by atoms with E-state index in [2.05, 4.69) is 6.92 Å². The van der Waals surface area contributed by atoms with Crippen molar-refractivity contribution in [1.82, 2.24) is 0 Å². The molecule has 0 saturated heterocycles. The van der Waals surface area contributed by atoms with Crippen LogP contribution in [0.4, 0.5) is 4.39 Å². The molecule has 1 heteroatoms. The summed E-state index contributed by atoms with van der Waals surface area (Å²) in [6.45, 7) is 2.21. The highest BCUT2D eigenvalue weighted by Crippen LogP contribution is 2.44. The monoisotopic (exact) mass is 434 g/mol. The first-order chi connectivity index (χ1) is 15.3. The van der Waals surface area contributed by atoms with Crippen molar-refractivity contribution in [3.05, 3.63) is 0 Å². The van der Waals surface area contributed by atoms with Gasteiger partial charge in [-0.25, -0.2) is 0 Å². The summed E-state index contributed by atoms with van der Waals surface area (Å²) in [4.78, 5) is 0. The molecule has 3 saturated carbocycles. The Kier molecular flexibility index (Phi) is 12.3. The van der Waals surface area contributed by atoms with Crippen LogP contribution in [0.3, 0.4) is 0 Å². The average Bonchev–Trinajstić information content (AvgIpc) is 2.83. The van der Waals surface area contributed by atoms with Gasteiger partial charge in [-0.1, -0.05) is 110 Å². The van der Waals surface area contributed by atoms with Gasteiger partial charge in [0.15, 0.2) is 0 Å². The van der Waals surface area contributed by atoms with Crippen molar-refractivity contribution >= 4 is 0 Å². The van der Waals surface area contributed by atoms with Crippen LogP contribution in [0, 0.1) is 35.5 Å². The predicted octanol–water partition coefficient (Wildman–Crippen LogP) is 10.3. The summed E-state index contributed by atoms with van der Waals surface area (Å²) in [6, 6.07) is 0. The molecule has 0 bridgehead atoms. The van der Waals surface area contributed by atoms with E-state index in [1.807, 2.05) is 0 Å². The van der Waals surface area contributed by atoms with Gasteiger partial charge in [-0.2, -0.15) is 0 Å². The number of halogens is 1. The van der Waals surface area contributed by atoms with E-state index in [0.717, 1.165) is 48.3 Å². The molecule has 0 unspecified atom stereocenters. The molecule has 0 aromatic rings. The molecule has 0 nitrogen and oxygen atoms in total. The Morgan fingerprint density at radius 2 is 0.839 bits per heavy atom. The van der Waals surface area contributed by atoms with Crippen molar-refractivity contribution in [2.24, 2.45) is 35.5 Å². The van der Waals surface area contributed by atoms with Crippen molar-refractivity contribution in [3.63, 3.8) is 0 Å². The molecule has 3 aliphatic carbocycles. The van der Waals surface area contributed by atoms with Gasteiger partial charge in [0.25, 0.3) is 0 Å². The first-order valence-electron chi connectivity index (χ1n) is 14.8. The van der Waals surface area contributed by atoms with E-state index in [9.17, 15) is 4.39 Å². The lowest BCUT2D eigenvalue weighted by atomic mass is 9.68. The second-order valence-corrected chi connectivity index (χ2v) is 12.1. The molecule has 3 aliphatic rings. The summed E-state index contributed by atoms with van der Waals surface area (Å²) in [5.74, 6) is 6.08. The van der Waals surface area contributed by atoms with E-state index in [1.165, 1.54) is 103 Å². The fourth-order valence-corrected chi connectivity index (χ4v) is 7.58. The summed E-state index contributed by atoms with van der Waals surface area (Å²) < 4.78 is 12.4. The minimum Gasteiger partial charge on any atom is -0.251 e. The van der Waals surface area contributed by atoms with Crippen molar-refractivity contribution in [2.75, 3.05) is 6.67 Å². The largest absolute Gasteiger partial charge is 0.251 e. The van der Waals surface area contributed by atoms with Gasteiger partial charge in [0.05, 0.1) is 6.67 Å². The number of hydrogen-bond donors (Lipinski definition) is 0. The lowest BCUT2D eigenvalue weighted by Crippen LogP contribution is -2.26. The summed E-state index contributed by atoms with van der Waals surface area (Å²) in [5.41, 5.74) is 0. The maximum atomic E-state index is 12.4. The van der Waals surface area contributed by atoms with E-state index in [1.54, 1.807) is 25.7 Å². The summed E-state index contributed by atoms with van der Waals surface area (Å²) >= 11 is 0. The molecule has 31 heavy (non-hydrogen) atoms. The third kappa shape index (κ3) is 9.37. The second-order valence-electron chi connectivity index (χ2n) is 12.1. The zero-order chi connectivity index (χ0) is 21.7. The molecule has 0 amide bonds. The van der Waals surface area contributed by atoms with E-state index in [4.69, 9.17) is 0 Å². The third-order valence-electron chi connectivity index (χ3n) is 9.86. The summed E-state index contributed by atoms with van der Waals surface area (Å²) in [7, 11) is 0. The molecule has 0 N–H and O–H groups in total. The molecular formula is C30H55F. The molecule has 0 heterocycles. The number of hydrogen-bond acceptors (Lipinski definition) is 0. The molecule has 3 rings (SSSR count). The van der Waals surface area contributed by atoms with Crippen molar-refractivity contribution in [1.29, 1.82) is 0 Å². The molecular weight excluding hydrogens is 379 g/mol. The molecule has 0 aromatic heterocycles. The van der Waals surface area contributed by atoms with Crippen molar-refractivity contribution in [2.45, 2.75) is 148 Å². The Morgan fingerprint density at radius 1 is 0.452 bits per heavy atom. The molecule has 182 valence electrons. The SMILES string of the molecule is CCCCCCCC1CCC(CCC2CCC(C3CCC(CCCF)CC3)CC2)CC1.